The number of H-pyrrole nitrogens is 1. The van der Waals surface area contributed by atoms with E-state index in [0.717, 1.165) is 21.7 Å². The average molecular weight is 298 g/mol. The van der Waals surface area contributed by atoms with Crippen LogP contribution in [0.2, 0.25) is 5.28 Å². The monoisotopic (exact) mass is 297 g/mol. The summed E-state index contributed by atoms with van der Waals surface area (Å²) in [5.74, 6) is 0. The van der Waals surface area contributed by atoms with Crippen molar-refractivity contribution in [3.05, 3.63) is 22.6 Å². The van der Waals surface area contributed by atoms with Gasteiger partial charge in [-0.2, -0.15) is 5.10 Å². The van der Waals surface area contributed by atoms with Crippen molar-refractivity contribution in [2.45, 2.75) is 23.5 Å². The van der Waals surface area contributed by atoms with Gasteiger partial charge in [-0.1, -0.05) is 6.92 Å². The lowest BCUT2D eigenvalue weighted by Crippen LogP contribution is -1.87. The number of aromatic nitrogens is 5. The number of nitrogens with one attached hydrogen (secondary N) is 1. The molecule has 0 atom stereocenters. The number of aryl methyl sites for hydroxylation is 1. The number of nitrogens with zero attached hydrogens (tertiary/aromatic N) is 4. The van der Waals surface area contributed by atoms with Crippen molar-refractivity contribution in [2.75, 3.05) is 0 Å². The van der Waals surface area contributed by atoms with Crippen molar-refractivity contribution in [2.24, 2.45) is 0 Å². The Labute approximate surface area is 116 Å². The first kappa shape index (κ1) is 11.9. The van der Waals surface area contributed by atoms with Gasteiger partial charge in [0.15, 0.2) is 5.16 Å². The standard InChI is InChI=1S/C10H8ClN5S2/c1-2-5-3-6-7(17-5)14-9(11)15-8(6)18-10-12-4-13-16-10/h3-4H,2H2,1H3,(H,12,13,16). The van der Waals surface area contributed by atoms with E-state index in [0.29, 0.717) is 5.16 Å². The summed E-state index contributed by atoms with van der Waals surface area (Å²) in [5.41, 5.74) is 0. The van der Waals surface area contributed by atoms with Crippen LogP contribution in [-0.2, 0) is 6.42 Å². The highest BCUT2D eigenvalue weighted by Crippen LogP contribution is 2.34. The van der Waals surface area contributed by atoms with Crippen LogP contribution in [0, 0.1) is 0 Å². The van der Waals surface area contributed by atoms with Gasteiger partial charge < -0.3 is 0 Å². The lowest BCUT2D eigenvalue weighted by Gasteiger charge is -1.99. The van der Waals surface area contributed by atoms with Crippen molar-refractivity contribution in [1.29, 1.82) is 0 Å². The summed E-state index contributed by atoms with van der Waals surface area (Å²) in [6.07, 6.45) is 2.44. The third-order valence-electron chi connectivity index (χ3n) is 2.32. The first-order valence-electron chi connectivity index (χ1n) is 5.25. The summed E-state index contributed by atoms with van der Waals surface area (Å²) in [6.45, 7) is 2.11. The minimum Gasteiger partial charge on any atom is -0.254 e. The van der Waals surface area contributed by atoms with E-state index in [-0.39, 0.29) is 5.28 Å². The summed E-state index contributed by atoms with van der Waals surface area (Å²) in [7, 11) is 0. The van der Waals surface area contributed by atoms with Crippen molar-refractivity contribution in [3.8, 4) is 0 Å². The molecule has 0 unspecified atom stereocenters. The van der Waals surface area contributed by atoms with Crippen LogP contribution in [0.4, 0.5) is 0 Å². The molecule has 0 radical (unpaired) electrons. The van der Waals surface area contributed by atoms with Gasteiger partial charge in [-0.15, -0.1) is 11.3 Å². The van der Waals surface area contributed by atoms with E-state index >= 15 is 0 Å². The number of thiophene rings is 1. The van der Waals surface area contributed by atoms with Gasteiger partial charge in [0.05, 0.1) is 0 Å². The number of aromatic amines is 1. The predicted molar refractivity (Wildman–Crippen MR) is 72.3 cm³/mol. The van der Waals surface area contributed by atoms with Crippen LogP contribution in [-0.4, -0.2) is 25.1 Å². The maximum absolute atomic E-state index is 5.94. The molecule has 0 saturated carbocycles. The third kappa shape index (κ3) is 2.21. The van der Waals surface area contributed by atoms with Gasteiger partial charge in [-0.05, 0) is 35.9 Å². The largest absolute Gasteiger partial charge is 0.254 e. The molecule has 0 aliphatic rings. The van der Waals surface area contributed by atoms with E-state index in [1.165, 1.54) is 23.0 Å². The fourth-order valence-electron chi connectivity index (χ4n) is 1.51. The van der Waals surface area contributed by atoms with Gasteiger partial charge in [0.25, 0.3) is 0 Å². The minimum atomic E-state index is 0.258. The highest BCUT2D eigenvalue weighted by molar-refractivity contribution is 7.99. The fourth-order valence-corrected chi connectivity index (χ4v) is 3.59. The molecular formula is C10H8ClN5S2. The Morgan fingerprint density at radius 3 is 3.06 bits per heavy atom. The van der Waals surface area contributed by atoms with Crippen LogP contribution in [0.1, 0.15) is 11.8 Å². The molecule has 3 rings (SSSR count). The van der Waals surface area contributed by atoms with Crippen LogP contribution in [0.25, 0.3) is 10.2 Å². The molecule has 3 aromatic heterocycles. The number of fused-ring (bicyclic) bond motifs is 1. The van der Waals surface area contributed by atoms with Crippen LogP contribution in [0.15, 0.2) is 22.6 Å². The zero-order valence-corrected chi connectivity index (χ0v) is 11.7. The van der Waals surface area contributed by atoms with Crippen LogP contribution >= 0.6 is 34.7 Å². The van der Waals surface area contributed by atoms with Crippen LogP contribution < -0.4 is 0 Å². The summed E-state index contributed by atoms with van der Waals surface area (Å²) in [6, 6.07) is 2.11. The van der Waals surface area contributed by atoms with Crippen molar-refractivity contribution in [1.82, 2.24) is 25.1 Å². The first-order chi connectivity index (χ1) is 8.76. The van der Waals surface area contributed by atoms with E-state index in [1.807, 2.05) is 0 Å². The molecule has 92 valence electrons. The van der Waals surface area contributed by atoms with E-state index in [2.05, 4.69) is 38.1 Å². The molecule has 18 heavy (non-hydrogen) atoms. The molecule has 0 saturated heterocycles. The van der Waals surface area contributed by atoms with E-state index in [9.17, 15) is 0 Å². The predicted octanol–water partition coefficient (Wildman–Crippen LogP) is 3.18. The topological polar surface area (TPSA) is 67.3 Å². The van der Waals surface area contributed by atoms with E-state index in [1.54, 1.807) is 11.3 Å². The second-order valence-corrected chi connectivity index (χ2v) is 5.91. The van der Waals surface area contributed by atoms with Crippen LogP contribution in [0.3, 0.4) is 0 Å². The molecule has 0 bridgehead atoms. The van der Waals surface area contributed by atoms with Crippen molar-refractivity contribution >= 4 is 44.9 Å². The zero-order chi connectivity index (χ0) is 12.5. The molecule has 0 fully saturated rings. The SMILES string of the molecule is CCc1cc2c(Sc3ncn[nH]3)nc(Cl)nc2s1. The van der Waals surface area contributed by atoms with Crippen molar-refractivity contribution < 1.29 is 0 Å². The minimum absolute atomic E-state index is 0.258. The average Bonchev–Trinajstić information content (AvgIpc) is 2.97. The molecule has 0 aliphatic carbocycles. The van der Waals surface area contributed by atoms with Gasteiger partial charge in [-0.25, -0.2) is 15.0 Å². The highest BCUT2D eigenvalue weighted by atomic mass is 35.5. The molecule has 0 amide bonds. The Morgan fingerprint density at radius 2 is 2.33 bits per heavy atom. The molecule has 8 heteroatoms. The number of halogens is 1. The molecular weight excluding hydrogens is 290 g/mol. The Balaban J connectivity index is 2.11. The maximum Gasteiger partial charge on any atom is 0.224 e. The van der Waals surface area contributed by atoms with Crippen molar-refractivity contribution in [3.63, 3.8) is 0 Å². The van der Waals surface area contributed by atoms with Gasteiger partial charge in [0.1, 0.15) is 16.2 Å². The number of hydrogen-bond acceptors (Lipinski definition) is 6. The van der Waals surface area contributed by atoms with Gasteiger partial charge in [0.2, 0.25) is 5.28 Å². The Morgan fingerprint density at radius 1 is 1.44 bits per heavy atom. The molecule has 3 heterocycles. The summed E-state index contributed by atoms with van der Waals surface area (Å²) in [5, 5.41) is 9.37. The first-order valence-corrected chi connectivity index (χ1v) is 7.26. The Kier molecular flexibility index (Phi) is 3.19. The normalized spacial score (nSPS) is 11.2. The van der Waals surface area contributed by atoms with Gasteiger partial charge in [0, 0.05) is 10.3 Å². The molecule has 1 N–H and O–H groups in total. The maximum atomic E-state index is 5.94. The second kappa shape index (κ2) is 4.83. The fraction of sp³-hybridized carbons (Fsp3) is 0.200. The smallest absolute Gasteiger partial charge is 0.224 e. The summed E-state index contributed by atoms with van der Waals surface area (Å²) < 4.78 is 0. The molecule has 0 spiro atoms. The van der Waals surface area contributed by atoms with E-state index < -0.39 is 0 Å². The molecule has 3 aromatic rings. The Hall–Kier alpha value is -1.18. The van der Waals surface area contributed by atoms with Gasteiger partial charge in [-0.3, -0.25) is 5.10 Å². The highest BCUT2D eigenvalue weighted by Gasteiger charge is 2.12. The number of rotatable bonds is 3. The molecule has 5 nitrogen and oxygen atoms in total. The quantitative estimate of drug-likeness (QED) is 0.594. The lowest BCUT2D eigenvalue weighted by molar-refractivity contribution is 0.968. The Bertz CT molecular complexity index is 679. The lowest BCUT2D eigenvalue weighted by atomic mass is 10.3. The van der Waals surface area contributed by atoms with Crippen LogP contribution in [0.5, 0.6) is 0 Å². The third-order valence-corrected chi connectivity index (χ3v) is 4.55. The number of hydrogen-bond donors (Lipinski definition) is 1. The molecule has 0 aromatic carbocycles. The second-order valence-electron chi connectivity index (χ2n) is 3.48. The molecule has 0 aliphatic heterocycles. The van der Waals surface area contributed by atoms with E-state index in [4.69, 9.17) is 11.6 Å². The summed E-state index contributed by atoms with van der Waals surface area (Å²) >= 11 is 8.99. The zero-order valence-electron chi connectivity index (χ0n) is 9.35. The summed E-state index contributed by atoms with van der Waals surface area (Å²) in [4.78, 5) is 14.8. The van der Waals surface area contributed by atoms with Gasteiger partial charge >= 0.3 is 0 Å².